The number of ether oxygens (including phenoxy) is 6. The predicted octanol–water partition coefficient (Wildman–Crippen LogP) is -5.14. The Morgan fingerprint density at radius 3 is 1.91 bits per heavy atom. The molecule has 3 aliphatic heterocycles. The topological polar surface area (TPSA) is 309 Å². The van der Waals surface area contributed by atoms with E-state index in [1.54, 1.807) is 19.4 Å². The van der Waals surface area contributed by atoms with Crippen molar-refractivity contribution in [3.63, 3.8) is 0 Å². The molecule has 0 saturated carbocycles. The van der Waals surface area contributed by atoms with Gasteiger partial charge in [0.25, 0.3) is 0 Å². The largest absolute Gasteiger partial charge is 0.394 e. The third-order valence-electron chi connectivity index (χ3n) is 8.93. The molecule has 8 N–H and O–H groups in total. The molecule has 3 aromatic rings. The summed E-state index contributed by atoms with van der Waals surface area (Å²) in [6.45, 7) is -0.806. The number of hydrogen-bond acceptors (Lipinski definition) is 20. The van der Waals surface area contributed by atoms with Crippen LogP contribution in [0.25, 0.3) is 0 Å². The molecule has 0 unspecified atom stereocenters. The number of alkyl halides is 2. The summed E-state index contributed by atoms with van der Waals surface area (Å²) in [6, 6.07) is 0. The van der Waals surface area contributed by atoms with Crippen LogP contribution in [0.1, 0.15) is 17.1 Å². The molecule has 0 bridgehead atoms. The minimum Gasteiger partial charge on any atom is -0.394 e. The van der Waals surface area contributed by atoms with E-state index in [4.69, 9.17) is 51.6 Å². The van der Waals surface area contributed by atoms with Crippen LogP contribution in [-0.2, 0) is 68.4 Å². The first kappa shape index (κ1) is 40.1. The fraction of sp³-hybridized carbons (Fsp3) is 0.786. The average molecular weight is 799 g/mol. The zero-order valence-electron chi connectivity index (χ0n) is 28.0. The van der Waals surface area contributed by atoms with Crippen LogP contribution in [-0.4, -0.2) is 183 Å². The predicted molar refractivity (Wildman–Crippen MR) is 170 cm³/mol. The number of rotatable bonds is 15. The van der Waals surface area contributed by atoms with Crippen molar-refractivity contribution >= 4 is 23.2 Å². The Kier molecular flexibility index (Phi) is 12.9. The van der Waals surface area contributed by atoms with Gasteiger partial charge in [0.15, 0.2) is 12.6 Å². The van der Waals surface area contributed by atoms with E-state index in [0.29, 0.717) is 17.1 Å². The lowest BCUT2D eigenvalue weighted by atomic mass is 9.99. The van der Waals surface area contributed by atoms with Crippen LogP contribution >= 0.6 is 23.2 Å². The van der Waals surface area contributed by atoms with Gasteiger partial charge < -0.3 is 69.3 Å². The van der Waals surface area contributed by atoms with Gasteiger partial charge in [-0.05, 0) is 0 Å². The lowest BCUT2D eigenvalue weighted by Gasteiger charge is -2.43. The van der Waals surface area contributed by atoms with Crippen molar-refractivity contribution in [2.45, 2.75) is 118 Å². The van der Waals surface area contributed by atoms with Gasteiger partial charge in [-0.15, -0.1) is 38.5 Å². The summed E-state index contributed by atoms with van der Waals surface area (Å²) < 4.78 is 38.2. The van der Waals surface area contributed by atoms with Gasteiger partial charge in [-0.25, -0.2) is 9.36 Å². The second kappa shape index (κ2) is 17.1. The molecule has 0 aromatic carbocycles. The van der Waals surface area contributed by atoms with Gasteiger partial charge >= 0.3 is 0 Å². The molecule has 296 valence electrons. The molecule has 3 saturated heterocycles. The second-order valence-electron chi connectivity index (χ2n) is 12.9. The third-order valence-corrected chi connectivity index (χ3v) is 9.84. The third kappa shape index (κ3) is 8.80. The summed E-state index contributed by atoms with van der Waals surface area (Å²) in [4.78, 5) is 0. The molecular formula is C28H41Cl2N9O14. The maximum Gasteiger partial charge on any atom is 0.214 e. The highest BCUT2D eigenvalue weighted by atomic mass is 35.5. The Morgan fingerprint density at radius 1 is 0.717 bits per heavy atom. The molecule has 23 nitrogen and oxygen atoms in total. The molecule has 3 aromatic heterocycles. The zero-order chi connectivity index (χ0) is 38.0. The van der Waals surface area contributed by atoms with Crippen LogP contribution < -0.4 is 0 Å². The highest BCUT2D eigenvalue weighted by Crippen LogP contribution is 2.38. The van der Waals surface area contributed by atoms with Crippen LogP contribution in [0.2, 0.25) is 0 Å². The van der Waals surface area contributed by atoms with Crippen molar-refractivity contribution in [3.05, 3.63) is 35.7 Å². The molecular weight excluding hydrogens is 757 g/mol. The number of nitrogens with zero attached hydrogens (tertiary/aromatic N) is 9. The van der Waals surface area contributed by atoms with E-state index in [1.807, 2.05) is 0 Å². The van der Waals surface area contributed by atoms with E-state index >= 15 is 0 Å². The lowest BCUT2D eigenvalue weighted by Crippen LogP contribution is -2.61. The monoisotopic (exact) mass is 797 g/mol. The molecule has 6 heterocycles. The van der Waals surface area contributed by atoms with Crippen molar-refractivity contribution < 1.29 is 69.3 Å². The highest BCUT2D eigenvalue weighted by Gasteiger charge is 2.58. The molecule has 25 heteroatoms. The van der Waals surface area contributed by atoms with E-state index in [1.165, 1.54) is 20.2 Å². The minimum absolute atomic E-state index is 0.00371. The van der Waals surface area contributed by atoms with Gasteiger partial charge in [0.05, 0.1) is 69.4 Å². The molecule has 0 amide bonds. The maximum atomic E-state index is 10.9. The number of aliphatic hydroxyl groups is 8. The Hall–Kier alpha value is -2.56. The maximum absolute atomic E-state index is 10.9. The Balaban J connectivity index is 0.978. The summed E-state index contributed by atoms with van der Waals surface area (Å²) in [5, 5.41) is 106. The van der Waals surface area contributed by atoms with Crippen molar-refractivity contribution in [3.8, 4) is 0 Å². The molecule has 0 radical (unpaired) electrons. The molecule has 53 heavy (non-hydrogen) atoms. The smallest absolute Gasteiger partial charge is 0.214 e. The number of aryl methyl sites for hydroxylation is 1. The molecule has 0 spiro atoms. The minimum atomic E-state index is -2.07. The normalized spacial score (nSPS) is 37.8. The van der Waals surface area contributed by atoms with Crippen molar-refractivity contribution in [2.24, 2.45) is 7.05 Å². The van der Waals surface area contributed by atoms with Crippen LogP contribution in [0.5, 0.6) is 0 Å². The molecule has 3 aliphatic rings. The molecule has 0 aliphatic carbocycles. The van der Waals surface area contributed by atoms with Crippen LogP contribution in [0, 0.1) is 0 Å². The van der Waals surface area contributed by atoms with E-state index in [9.17, 15) is 40.9 Å². The number of halogens is 2. The van der Waals surface area contributed by atoms with Crippen molar-refractivity contribution in [1.82, 2.24) is 45.0 Å². The number of aliphatic hydroxyl groups excluding tert-OH is 8. The van der Waals surface area contributed by atoms with Gasteiger partial charge in [0.1, 0.15) is 78.1 Å². The Bertz CT molecular complexity index is 1620. The van der Waals surface area contributed by atoms with E-state index in [-0.39, 0.29) is 32.9 Å². The molecule has 6 rings (SSSR count). The highest BCUT2D eigenvalue weighted by molar-refractivity contribution is 6.21. The summed E-state index contributed by atoms with van der Waals surface area (Å²) in [6.07, 6.45) is -12.4. The SMILES string of the molecule is Cn1cc(CO[C@H]2O[C@H](Cn3cc(COCc4cn(C[C@H]5O[C@@](CCl)(O[C@H]6O[C@H](CO)[C@H](Cl)[C@H](O)[C@H]6O)[C@@H](O)[C@@H]5O)nn4)nn3)[C@@H](O)[C@H](O)[C@@H]2O)nn1. The number of aromatic nitrogens is 9. The summed E-state index contributed by atoms with van der Waals surface area (Å²) in [5.74, 6) is -2.59. The van der Waals surface area contributed by atoms with Crippen LogP contribution in [0.4, 0.5) is 0 Å². The summed E-state index contributed by atoms with van der Waals surface area (Å²) >= 11 is 12.1. The quantitative estimate of drug-likeness (QED) is 0.0667. The Morgan fingerprint density at radius 2 is 1.30 bits per heavy atom. The number of hydrogen-bond donors (Lipinski definition) is 8. The zero-order valence-corrected chi connectivity index (χ0v) is 29.5. The molecule has 3 fully saturated rings. The van der Waals surface area contributed by atoms with E-state index in [0.717, 1.165) is 0 Å². The van der Waals surface area contributed by atoms with Gasteiger partial charge in [-0.3, -0.25) is 4.68 Å². The van der Waals surface area contributed by atoms with Gasteiger partial charge in [0.2, 0.25) is 5.79 Å². The van der Waals surface area contributed by atoms with E-state index in [2.05, 4.69) is 30.9 Å². The lowest BCUT2D eigenvalue weighted by molar-refractivity contribution is -0.358. The average Bonchev–Trinajstić information content (AvgIpc) is 3.94. The fourth-order valence-electron chi connectivity index (χ4n) is 6.03. The van der Waals surface area contributed by atoms with Gasteiger partial charge in [-0.1, -0.05) is 15.6 Å². The summed E-state index contributed by atoms with van der Waals surface area (Å²) in [7, 11) is 1.68. The van der Waals surface area contributed by atoms with Crippen molar-refractivity contribution in [2.75, 3.05) is 12.5 Å². The standard InChI is InChI=1S/C28H41Cl2N9O14/c1-37-2-12(31-34-37)10-49-26-24(46)22(44)19(41)15(50-26)5-38-3-13(32-35-38)8-48-9-14-4-39(36-33-14)6-16-20(42)25(47)28(11-29,52-16)53-27-23(45)21(43)18(30)17(7-40)51-27/h2-4,15-27,40-47H,5-11H2,1H3/t15-,16-,17-,18+,19-,20-,21+,22+,23-,24+,25+,26+,27-,28+/m1/s1. The van der Waals surface area contributed by atoms with Gasteiger partial charge in [-0.2, -0.15) is 0 Å². The van der Waals surface area contributed by atoms with Crippen molar-refractivity contribution in [1.29, 1.82) is 0 Å². The Labute approximate surface area is 310 Å². The van der Waals surface area contributed by atoms with E-state index < -0.39 is 97.3 Å². The van der Waals surface area contributed by atoms with Gasteiger partial charge in [0, 0.05) is 7.05 Å². The molecule has 14 atom stereocenters. The second-order valence-corrected chi connectivity index (χ2v) is 13.6. The fourth-order valence-corrected chi connectivity index (χ4v) is 6.60. The van der Waals surface area contributed by atoms with Crippen LogP contribution in [0.3, 0.4) is 0 Å². The first-order valence-corrected chi connectivity index (χ1v) is 17.4. The van der Waals surface area contributed by atoms with Crippen LogP contribution in [0.15, 0.2) is 18.6 Å². The first-order chi connectivity index (χ1) is 25.3. The first-order valence-electron chi connectivity index (χ1n) is 16.4. The summed E-state index contributed by atoms with van der Waals surface area (Å²) in [5.41, 5.74) is 1.28.